The Morgan fingerprint density at radius 1 is 1.20 bits per heavy atom. The fraction of sp³-hybridized carbons (Fsp3) is 0.552. The lowest BCUT2D eigenvalue weighted by molar-refractivity contribution is 0.108. The molecule has 3 heterocycles. The molecule has 1 aliphatic rings. The molecular weight excluding hydrogens is 530 g/mol. The number of nitrogens with one attached hydrogen (secondary N) is 1. The van der Waals surface area contributed by atoms with E-state index in [1.54, 1.807) is 18.3 Å². The van der Waals surface area contributed by atoms with E-state index >= 15 is 0 Å². The normalized spacial score (nSPS) is 15.8. The van der Waals surface area contributed by atoms with Crippen LogP contribution in [-0.4, -0.2) is 78.1 Å². The minimum Gasteiger partial charge on any atom is -0.491 e. The zero-order valence-corrected chi connectivity index (χ0v) is 24.9. The SMILES string of the molecule is CCS(=O)(=O)N1CCC(CCc2nc(-c3cccc(OCC(O)CNC)c3)nc(-c3c(C)noc3C)c2C)CC1. The molecule has 40 heavy (non-hydrogen) atoms. The average molecular weight is 572 g/mol. The van der Waals surface area contributed by atoms with Crippen LogP contribution < -0.4 is 10.1 Å². The highest BCUT2D eigenvalue weighted by Gasteiger charge is 2.27. The molecule has 1 fully saturated rings. The molecule has 0 bridgehead atoms. The lowest BCUT2D eigenvalue weighted by atomic mass is 9.91. The number of aryl methyl sites for hydroxylation is 3. The van der Waals surface area contributed by atoms with Crippen molar-refractivity contribution in [2.24, 2.45) is 5.92 Å². The van der Waals surface area contributed by atoms with Gasteiger partial charge in [-0.3, -0.25) is 0 Å². The molecule has 11 heteroatoms. The summed E-state index contributed by atoms with van der Waals surface area (Å²) >= 11 is 0. The number of rotatable bonds is 12. The number of aliphatic hydroxyl groups is 1. The van der Waals surface area contributed by atoms with E-state index in [0.717, 1.165) is 59.5 Å². The van der Waals surface area contributed by atoms with Gasteiger partial charge in [0.25, 0.3) is 0 Å². The summed E-state index contributed by atoms with van der Waals surface area (Å²) in [5.74, 6) is 2.50. The Hall–Kier alpha value is -2.86. The maximum atomic E-state index is 12.3. The summed E-state index contributed by atoms with van der Waals surface area (Å²) in [6, 6.07) is 7.59. The molecule has 0 aliphatic carbocycles. The summed E-state index contributed by atoms with van der Waals surface area (Å²) in [5.41, 5.74) is 5.22. The van der Waals surface area contributed by atoms with Crippen molar-refractivity contribution < 1.29 is 22.8 Å². The van der Waals surface area contributed by atoms with Gasteiger partial charge in [-0.1, -0.05) is 17.3 Å². The van der Waals surface area contributed by atoms with Gasteiger partial charge in [-0.05, 0) is 84.0 Å². The lowest BCUT2D eigenvalue weighted by Crippen LogP contribution is -2.39. The Bertz CT molecular complexity index is 1380. The maximum Gasteiger partial charge on any atom is 0.213 e. The number of likely N-dealkylation sites (N-methyl/N-ethyl adjacent to an activating group) is 1. The van der Waals surface area contributed by atoms with Gasteiger partial charge in [0.2, 0.25) is 10.0 Å². The van der Waals surface area contributed by atoms with Crippen LogP contribution in [0.3, 0.4) is 0 Å². The number of ether oxygens (including phenoxy) is 1. The number of benzene rings is 1. The number of hydrogen-bond acceptors (Lipinski definition) is 9. The average Bonchev–Trinajstić information content (AvgIpc) is 3.29. The van der Waals surface area contributed by atoms with Crippen LogP contribution in [0.15, 0.2) is 28.8 Å². The van der Waals surface area contributed by atoms with E-state index in [4.69, 9.17) is 19.2 Å². The smallest absolute Gasteiger partial charge is 0.213 e. The molecule has 3 aromatic rings. The van der Waals surface area contributed by atoms with E-state index < -0.39 is 16.1 Å². The van der Waals surface area contributed by atoms with Crippen molar-refractivity contribution in [3.63, 3.8) is 0 Å². The fourth-order valence-corrected chi connectivity index (χ4v) is 6.34. The first-order chi connectivity index (χ1) is 19.1. The molecule has 0 spiro atoms. The monoisotopic (exact) mass is 571 g/mol. The van der Waals surface area contributed by atoms with E-state index in [1.807, 2.05) is 45.0 Å². The van der Waals surface area contributed by atoms with Crippen molar-refractivity contribution >= 4 is 10.0 Å². The number of piperidine rings is 1. The zero-order valence-electron chi connectivity index (χ0n) is 24.1. The van der Waals surface area contributed by atoms with E-state index in [1.165, 1.54) is 0 Å². The number of sulfonamides is 1. The van der Waals surface area contributed by atoms with Gasteiger partial charge in [0, 0.05) is 30.9 Å². The lowest BCUT2D eigenvalue weighted by Gasteiger charge is -2.31. The van der Waals surface area contributed by atoms with Gasteiger partial charge in [-0.25, -0.2) is 22.7 Å². The minimum absolute atomic E-state index is 0.147. The fourth-order valence-electron chi connectivity index (χ4n) is 5.21. The Balaban J connectivity index is 1.60. The molecule has 10 nitrogen and oxygen atoms in total. The first-order valence-corrected chi connectivity index (χ1v) is 15.6. The highest BCUT2D eigenvalue weighted by Crippen LogP contribution is 2.33. The Labute approximate surface area is 237 Å². The van der Waals surface area contributed by atoms with Gasteiger partial charge in [-0.15, -0.1) is 0 Å². The number of aliphatic hydroxyl groups excluding tert-OH is 1. The van der Waals surface area contributed by atoms with E-state index in [2.05, 4.69) is 10.5 Å². The molecular formula is C29H41N5O5S. The van der Waals surface area contributed by atoms with Gasteiger partial charge in [0.1, 0.15) is 24.2 Å². The van der Waals surface area contributed by atoms with Crippen LogP contribution >= 0.6 is 0 Å². The van der Waals surface area contributed by atoms with Crippen molar-refractivity contribution in [1.29, 1.82) is 0 Å². The molecule has 0 saturated carbocycles. The first-order valence-electron chi connectivity index (χ1n) is 14.0. The molecule has 1 atom stereocenters. The van der Waals surface area contributed by atoms with Gasteiger partial charge in [0.05, 0.1) is 22.7 Å². The number of hydrogen-bond donors (Lipinski definition) is 2. The molecule has 2 N–H and O–H groups in total. The molecule has 1 saturated heterocycles. The van der Waals surface area contributed by atoms with Gasteiger partial charge < -0.3 is 19.7 Å². The Kier molecular flexibility index (Phi) is 9.94. The summed E-state index contributed by atoms with van der Waals surface area (Å²) in [4.78, 5) is 9.98. The van der Waals surface area contributed by atoms with Crippen LogP contribution in [-0.2, 0) is 16.4 Å². The van der Waals surface area contributed by atoms with Crippen molar-refractivity contribution in [3.8, 4) is 28.4 Å². The highest BCUT2D eigenvalue weighted by atomic mass is 32.2. The van der Waals surface area contributed by atoms with Crippen LogP contribution in [0.2, 0.25) is 0 Å². The van der Waals surface area contributed by atoms with Gasteiger partial charge >= 0.3 is 0 Å². The van der Waals surface area contributed by atoms with Crippen LogP contribution in [0.1, 0.15) is 48.9 Å². The third-order valence-corrected chi connectivity index (χ3v) is 9.49. The van der Waals surface area contributed by atoms with E-state index in [-0.39, 0.29) is 12.4 Å². The van der Waals surface area contributed by atoms with Crippen LogP contribution in [0.25, 0.3) is 22.6 Å². The molecule has 4 rings (SSSR count). The topological polar surface area (TPSA) is 131 Å². The van der Waals surface area contributed by atoms with Crippen LogP contribution in [0.5, 0.6) is 5.75 Å². The molecule has 1 unspecified atom stereocenters. The summed E-state index contributed by atoms with van der Waals surface area (Å²) in [7, 11) is -1.35. The summed E-state index contributed by atoms with van der Waals surface area (Å²) < 4.78 is 37.4. The summed E-state index contributed by atoms with van der Waals surface area (Å²) in [6.45, 7) is 9.31. The third kappa shape index (κ3) is 7.06. The van der Waals surface area contributed by atoms with Crippen molar-refractivity contribution in [2.75, 3.05) is 39.0 Å². The molecule has 0 radical (unpaired) electrons. The van der Waals surface area contributed by atoms with E-state index in [9.17, 15) is 13.5 Å². The number of nitrogens with zero attached hydrogens (tertiary/aromatic N) is 4. The maximum absolute atomic E-state index is 12.3. The first kappa shape index (κ1) is 30.1. The molecule has 0 amide bonds. The zero-order chi connectivity index (χ0) is 28.9. The van der Waals surface area contributed by atoms with Crippen LogP contribution in [0.4, 0.5) is 0 Å². The second-order valence-corrected chi connectivity index (χ2v) is 12.8. The summed E-state index contributed by atoms with van der Waals surface area (Å²) in [6.07, 6.45) is 2.77. The Morgan fingerprint density at radius 3 is 2.60 bits per heavy atom. The van der Waals surface area contributed by atoms with Crippen molar-refractivity contribution in [3.05, 3.63) is 47.0 Å². The predicted octanol–water partition coefficient (Wildman–Crippen LogP) is 3.68. The second kappa shape index (κ2) is 13.2. The second-order valence-electron chi connectivity index (χ2n) is 10.5. The largest absolute Gasteiger partial charge is 0.491 e. The van der Waals surface area contributed by atoms with E-state index in [0.29, 0.717) is 42.9 Å². The van der Waals surface area contributed by atoms with Crippen LogP contribution in [0, 0.1) is 26.7 Å². The van der Waals surface area contributed by atoms with Gasteiger partial charge in [0.15, 0.2) is 5.82 Å². The molecule has 218 valence electrons. The van der Waals surface area contributed by atoms with Crippen molar-refractivity contribution in [1.82, 2.24) is 24.7 Å². The molecule has 2 aromatic heterocycles. The van der Waals surface area contributed by atoms with Crippen molar-refractivity contribution in [2.45, 2.75) is 59.5 Å². The molecule has 1 aliphatic heterocycles. The standard InChI is InChI=1S/C29H41N5O5S/c1-6-40(36,37)34-14-12-22(13-15-34)10-11-26-19(2)28(27-20(3)33-39-21(27)4)32-29(31-26)23-8-7-9-25(16-23)38-18-24(35)17-30-5/h7-9,16,22,24,30,35H,6,10-15,17-18H2,1-5H3. The minimum atomic E-state index is -3.14. The quantitative estimate of drug-likeness (QED) is 0.334. The third-order valence-electron chi connectivity index (χ3n) is 7.61. The Morgan fingerprint density at radius 2 is 1.95 bits per heavy atom. The highest BCUT2D eigenvalue weighted by molar-refractivity contribution is 7.89. The predicted molar refractivity (Wildman–Crippen MR) is 155 cm³/mol. The van der Waals surface area contributed by atoms with Gasteiger partial charge in [-0.2, -0.15) is 0 Å². The summed E-state index contributed by atoms with van der Waals surface area (Å²) in [5, 5.41) is 17.1. The number of aromatic nitrogens is 3. The molecule has 1 aromatic carbocycles.